The zero-order valence-electron chi connectivity index (χ0n) is 12.4. The van der Waals surface area contributed by atoms with Crippen LogP contribution < -0.4 is 11.1 Å². The van der Waals surface area contributed by atoms with E-state index in [1.54, 1.807) is 7.11 Å². The molecule has 0 aliphatic carbocycles. The van der Waals surface area contributed by atoms with Crippen LogP contribution in [0, 0.1) is 0 Å². The topological polar surface area (TPSA) is 73.6 Å². The zero-order valence-corrected chi connectivity index (χ0v) is 12.4. The highest BCUT2D eigenvalue weighted by atomic mass is 16.5. The zero-order chi connectivity index (χ0) is 15.0. The molecule has 0 radical (unpaired) electrons. The van der Waals surface area contributed by atoms with E-state index in [2.05, 4.69) is 5.32 Å². The molecule has 0 aliphatic rings. The van der Waals surface area contributed by atoms with E-state index >= 15 is 0 Å². The number of methoxy groups -OCH3 is 1. The SMILES string of the molecule is COC(CN)CC(=O)Nc1ccc(COC(C)C)cc1. The maximum Gasteiger partial charge on any atom is 0.227 e. The molecule has 1 atom stereocenters. The van der Waals surface area contributed by atoms with Crippen molar-refractivity contribution in [3.8, 4) is 0 Å². The van der Waals surface area contributed by atoms with Crippen molar-refractivity contribution >= 4 is 11.6 Å². The first-order chi connectivity index (χ1) is 9.55. The molecule has 0 heterocycles. The summed E-state index contributed by atoms with van der Waals surface area (Å²) < 4.78 is 10.6. The highest BCUT2D eigenvalue weighted by Crippen LogP contribution is 2.12. The summed E-state index contributed by atoms with van der Waals surface area (Å²) in [5.74, 6) is -0.103. The van der Waals surface area contributed by atoms with Gasteiger partial charge in [0.2, 0.25) is 5.91 Å². The number of amides is 1. The molecule has 20 heavy (non-hydrogen) atoms. The second-order valence-electron chi connectivity index (χ2n) is 4.90. The molecule has 1 amide bonds. The maximum atomic E-state index is 11.8. The summed E-state index contributed by atoms with van der Waals surface area (Å²) in [7, 11) is 1.55. The summed E-state index contributed by atoms with van der Waals surface area (Å²) in [6.07, 6.45) is 0.218. The average Bonchev–Trinajstić information content (AvgIpc) is 2.44. The molecule has 3 N–H and O–H groups in total. The molecule has 5 heteroatoms. The molecule has 0 aromatic heterocycles. The van der Waals surface area contributed by atoms with Crippen LogP contribution in [-0.2, 0) is 20.9 Å². The standard InChI is InChI=1S/C15H24N2O3/c1-11(2)20-10-12-4-6-13(7-5-12)17-15(18)8-14(9-16)19-3/h4-7,11,14H,8-10,16H2,1-3H3,(H,17,18). The molecule has 1 unspecified atom stereocenters. The van der Waals surface area contributed by atoms with Crippen molar-refractivity contribution in [1.29, 1.82) is 0 Å². The smallest absolute Gasteiger partial charge is 0.227 e. The molecule has 112 valence electrons. The first-order valence-corrected chi connectivity index (χ1v) is 6.78. The molecule has 1 rings (SSSR count). The Kier molecular flexibility index (Phi) is 7.22. The van der Waals surface area contributed by atoms with Crippen LogP contribution >= 0.6 is 0 Å². The Balaban J connectivity index is 2.46. The number of carbonyl (C=O) groups is 1. The van der Waals surface area contributed by atoms with Gasteiger partial charge in [-0.1, -0.05) is 12.1 Å². The molecule has 1 aromatic rings. The van der Waals surface area contributed by atoms with Crippen LogP contribution in [0.5, 0.6) is 0 Å². The van der Waals surface area contributed by atoms with Crippen molar-refractivity contribution in [2.75, 3.05) is 19.0 Å². The lowest BCUT2D eigenvalue weighted by Gasteiger charge is -2.13. The van der Waals surface area contributed by atoms with Gasteiger partial charge < -0.3 is 20.5 Å². The summed E-state index contributed by atoms with van der Waals surface area (Å²) in [5.41, 5.74) is 7.32. The average molecular weight is 280 g/mol. The van der Waals surface area contributed by atoms with Gasteiger partial charge in [0, 0.05) is 19.3 Å². The fraction of sp³-hybridized carbons (Fsp3) is 0.533. The van der Waals surface area contributed by atoms with Crippen LogP contribution in [0.3, 0.4) is 0 Å². The molecule has 0 fully saturated rings. The number of nitrogens with two attached hydrogens (primary N) is 1. The van der Waals surface area contributed by atoms with Crippen LogP contribution in [0.15, 0.2) is 24.3 Å². The molecule has 0 aliphatic heterocycles. The minimum Gasteiger partial charge on any atom is -0.380 e. The van der Waals surface area contributed by atoms with E-state index in [4.69, 9.17) is 15.2 Å². The second-order valence-corrected chi connectivity index (χ2v) is 4.90. The van der Waals surface area contributed by atoms with Gasteiger partial charge in [0.25, 0.3) is 0 Å². The van der Waals surface area contributed by atoms with Crippen LogP contribution in [0.4, 0.5) is 5.69 Å². The number of benzene rings is 1. The minimum absolute atomic E-state index is 0.103. The number of hydrogen-bond donors (Lipinski definition) is 2. The van der Waals surface area contributed by atoms with Crippen LogP contribution in [0.2, 0.25) is 0 Å². The minimum atomic E-state index is -0.242. The van der Waals surface area contributed by atoms with E-state index < -0.39 is 0 Å². The lowest BCUT2D eigenvalue weighted by Crippen LogP contribution is -2.28. The lowest BCUT2D eigenvalue weighted by atomic mass is 10.2. The third-order valence-corrected chi connectivity index (χ3v) is 2.83. The Morgan fingerprint density at radius 3 is 2.45 bits per heavy atom. The monoisotopic (exact) mass is 280 g/mol. The number of anilines is 1. The van der Waals surface area contributed by atoms with Gasteiger partial charge in [0.05, 0.1) is 25.2 Å². The van der Waals surface area contributed by atoms with E-state index in [0.29, 0.717) is 13.2 Å². The quantitative estimate of drug-likeness (QED) is 0.763. The Bertz CT molecular complexity index is 400. The first kappa shape index (κ1) is 16.6. The molecule has 0 spiro atoms. The largest absolute Gasteiger partial charge is 0.380 e. The number of hydrogen-bond acceptors (Lipinski definition) is 4. The van der Waals surface area contributed by atoms with E-state index in [0.717, 1.165) is 11.3 Å². The highest BCUT2D eigenvalue weighted by molar-refractivity contribution is 5.91. The molecule has 0 saturated carbocycles. The van der Waals surface area contributed by atoms with Crippen LogP contribution in [-0.4, -0.2) is 31.8 Å². The predicted octanol–water partition coefficient (Wildman–Crippen LogP) is 1.91. The van der Waals surface area contributed by atoms with Crippen molar-refractivity contribution < 1.29 is 14.3 Å². The van der Waals surface area contributed by atoms with Gasteiger partial charge in [-0.3, -0.25) is 4.79 Å². The van der Waals surface area contributed by atoms with E-state index in [1.165, 1.54) is 0 Å². The van der Waals surface area contributed by atoms with Gasteiger partial charge in [-0.15, -0.1) is 0 Å². The summed E-state index contributed by atoms with van der Waals surface area (Å²) in [6, 6.07) is 7.60. The van der Waals surface area contributed by atoms with Crippen LogP contribution in [0.1, 0.15) is 25.8 Å². The van der Waals surface area contributed by atoms with Crippen LogP contribution in [0.25, 0.3) is 0 Å². The van der Waals surface area contributed by atoms with Crippen molar-refractivity contribution in [3.05, 3.63) is 29.8 Å². The van der Waals surface area contributed by atoms with Gasteiger partial charge in [0.1, 0.15) is 0 Å². The number of ether oxygens (including phenoxy) is 2. The third kappa shape index (κ3) is 6.14. The Morgan fingerprint density at radius 1 is 1.30 bits per heavy atom. The molecule has 0 bridgehead atoms. The second kappa shape index (κ2) is 8.68. The first-order valence-electron chi connectivity index (χ1n) is 6.78. The fourth-order valence-corrected chi connectivity index (χ4v) is 1.63. The fourth-order valence-electron chi connectivity index (χ4n) is 1.63. The van der Waals surface area contributed by atoms with Crippen molar-refractivity contribution in [2.45, 2.75) is 39.1 Å². The maximum absolute atomic E-state index is 11.8. The Hall–Kier alpha value is -1.43. The van der Waals surface area contributed by atoms with Gasteiger partial charge in [0.15, 0.2) is 0 Å². The van der Waals surface area contributed by atoms with Gasteiger partial charge in [-0.2, -0.15) is 0 Å². The lowest BCUT2D eigenvalue weighted by molar-refractivity contribution is -0.118. The highest BCUT2D eigenvalue weighted by Gasteiger charge is 2.11. The number of carbonyl (C=O) groups excluding carboxylic acids is 1. The van der Waals surface area contributed by atoms with Crippen molar-refractivity contribution in [1.82, 2.24) is 0 Å². The predicted molar refractivity (Wildman–Crippen MR) is 79.5 cm³/mol. The summed E-state index contributed by atoms with van der Waals surface area (Å²) in [4.78, 5) is 11.8. The normalized spacial score (nSPS) is 12.4. The van der Waals surface area contributed by atoms with E-state index in [1.807, 2.05) is 38.1 Å². The number of nitrogens with one attached hydrogen (secondary N) is 1. The summed E-state index contributed by atoms with van der Waals surface area (Å²) in [6.45, 7) is 4.90. The molecule has 0 saturated heterocycles. The van der Waals surface area contributed by atoms with Gasteiger partial charge in [-0.05, 0) is 31.5 Å². The molecule has 5 nitrogen and oxygen atoms in total. The van der Waals surface area contributed by atoms with Crippen molar-refractivity contribution in [2.24, 2.45) is 5.73 Å². The molecule has 1 aromatic carbocycles. The van der Waals surface area contributed by atoms with E-state index in [9.17, 15) is 4.79 Å². The molecular formula is C15H24N2O3. The van der Waals surface area contributed by atoms with Crippen molar-refractivity contribution in [3.63, 3.8) is 0 Å². The Labute approximate surface area is 120 Å². The molecular weight excluding hydrogens is 256 g/mol. The van der Waals surface area contributed by atoms with Gasteiger partial charge >= 0.3 is 0 Å². The Morgan fingerprint density at radius 2 is 1.95 bits per heavy atom. The summed E-state index contributed by atoms with van der Waals surface area (Å²) in [5, 5.41) is 2.82. The summed E-state index contributed by atoms with van der Waals surface area (Å²) >= 11 is 0. The number of rotatable bonds is 8. The van der Waals surface area contributed by atoms with Gasteiger partial charge in [-0.25, -0.2) is 0 Å². The van der Waals surface area contributed by atoms with E-state index in [-0.39, 0.29) is 24.5 Å². The third-order valence-electron chi connectivity index (χ3n) is 2.83.